The van der Waals surface area contributed by atoms with Gasteiger partial charge in [0, 0.05) is 4.47 Å². The molecule has 0 aromatic heterocycles. The van der Waals surface area contributed by atoms with Crippen LogP contribution in [0.5, 0.6) is 11.5 Å². The third-order valence-corrected chi connectivity index (χ3v) is 4.38. The van der Waals surface area contributed by atoms with Gasteiger partial charge in [0.1, 0.15) is 11.5 Å². The number of hydrogen-bond acceptors (Lipinski definition) is 5. The van der Waals surface area contributed by atoms with Crippen LogP contribution in [0.25, 0.3) is 0 Å². The van der Waals surface area contributed by atoms with Gasteiger partial charge in [-0.15, -0.1) is 0 Å². The molecule has 3 rings (SSSR count). The first-order valence-corrected chi connectivity index (χ1v) is 9.88. The average molecular weight is 467 g/mol. The molecule has 3 aromatic carbocycles. The summed E-state index contributed by atoms with van der Waals surface area (Å²) in [5.74, 6) is 0.143. The Balaban J connectivity index is 1.52. The van der Waals surface area contributed by atoms with E-state index >= 15 is 0 Å². The van der Waals surface area contributed by atoms with Gasteiger partial charge in [-0.25, -0.2) is 10.2 Å². The van der Waals surface area contributed by atoms with Crippen LogP contribution in [0.15, 0.2) is 82.4 Å². The fourth-order valence-corrected chi connectivity index (χ4v) is 2.90. The highest BCUT2D eigenvalue weighted by molar-refractivity contribution is 9.10. The van der Waals surface area contributed by atoms with Gasteiger partial charge < -0.3 is 9.47 Å². The molecular formula is C23H19BrN2O4. The Morgan fingerprint density at radius 2 is 1.77 bits per heavy atom. The third-order valence-electron chi connectivity index (χ3n) is 3.89. The first-order chi connectivity index (χ1) is 14.5. The van der Waals surface area contributed by atoms with Crippen molar-refractivity contribution in [3.63, 3.8) is 0 Å². The lowest BCUT2D eigenvalue weighted by molar-refractivity contribution is -0.123. The molecule has 0 saturated carbocycles. The molecule has 0 fully saturated rings. The highest BCUT2D eigenvalue weighted by atomic mass is 79.9. The molecular weight excluding hydrogens is 448 g/mol. The summed E-state index contributed by atoms with van der Waals surface area (Å²) in [6, 6.07) is 21.2. The molecule has 6 nitrogen and oxygen atoms in total. The number of halogens is 1. The first-order valence-electron chi connectivity index (χ1n) is 9.09. The van der Waals surface area contributed by atoms with E-state index in [2.05, 4.69) is 26.5 Å². The molecule has 0 aliphatic heterocycles. The summed E-state index contributed by atoms with van der Waals surface area (Å²) in [4.78, 5) is 24.1. The number of amides is 1. The van der Waals surface area contributed by atoms with Crippen LogP contribution in [0.3, 0.4) is 0 Å². The second-order valence-corrected chi connectivity index (χ2v) is 7.29. The number of ether oxygens (including phenoxy) is 2. The van der Waals surface area contributed by atoms with Crippen LogP contribution in [0.2, 0.25) is 0 Å². The van der Waals surface area contributed by atoms with Gasteiger partial charge in [0.2, 0.25) is 0 Å². The molecule has 0 spiro atoms. The van der Waals surface area contributed by atoms with Crippen LogP contribution in [0.1, 0.15) is 21.5 Å². The molecule has 0 radical (unpaired) electrons. The van der Waals surface area contributed by atoms with Gasteiger partial charge in [0.25, 0.3) is 5.91 Å². The Labute approximate surface area is 182 Å². The van der Waals surface area contributed by atoms with Crippen molar-refractivity contribution < 1.29 is 19.1 Å². The lowest BCUT2D eigenvalue weighted by Gasteiger charge is -2.06. The van der Waals surface area contributed by atoms with E-state index in [1.807, 2.05) is 31.2 Å². The van der Waals surface area contributed by atoms with Crippen molar-refractivity contribution >= 4 is 34.0 Å². The minimum Gasteiger partial charge on any atom is -0.484 e. The summed E-state index contributed by atoms with van der Waals surface area (Å²) in [7, 11) is 0. The summed E-state index contributed by atoms with van der Waals surface area (Å²) < 4.78 is 11.6. The zero-order valence-corrected chi connectivity index (χ0v) is 17.8. The Bertz CT molecular complexity index is 1080. The summed E-state index contributed by atoms with van der Waals surface area (Å²) >= 11 is 3.33. The molecule has 0 atom stereocenters. The van der Waals surface area contributed by atoms with Crippen molar-refractivity contribution in [1.82, 2.24) is 5.43 Å². The van der Waals surface area contributed by atoms with Gasteiger partial charge in [-0.05, 0) is 60.5 Å². The quantitative estimate of drug-likeness (QED) is 0.240. The van der Waals surface area contributed by atoms with Gasteiger partial charge in [-0.2, -0.15) is 5.10 Å². The van der Waals surface area contributed by atoms with Crippen molar-refractivity contribution in [1.29, 1.82) is 0 Å². The number of hydrogen-bond donors (Lipinski definition) is 1. The van der Waals surface area contributed by atoms with Crippen LogP contribution < -0.4 is 14.9 Å². The summed E-state index contributed by atoms with van der Waals surface area (Å²) in [5, 5.41) is 3.91. The van der Waals surface area contributed by atoms with Crippen molar-refractivity contribution in [3.8, 4) is 11.5 Å². The average Bonchev–Trinajstić information content (AvgIpc) is 2.73. The van der Waals surface area contributed by atoms with Gasteiger partial charge in [-0.1, -0.05) is 46.3 Å². The van der Waals surface area contributed by atoms with E-state index in [1.54, 1.807) is 48.5 Å². The molecule has 1 N–H and O–H groups in total. The van der Waals surface area contributed by atoms with E-state index in [1.165, 1.54) is 6.21 Å². The maximum atomic E-state index is 12.2. The molecule has 0 aliphatic rings. The fourth-order valence-electron chi connectivity index (χ4n) is 2.50. The Hall–Kier alpha value is -3.45. The van der Waals surface area contributed by atoms with E-state index in [-0.39, 0.29) is 12.5 Å². The van der Waals surface area contributed by atoms with Gasteiger partial charge in [0.15, 0.2) is 6.61 Å². The molecule has 0 aliphatic carbocycles. The second-order valence-electron chi connectivity index (χ2n) is 6.37. The summed E-state index contributed by atoms with van der Waals surface area (Å²) in [5.41, 5.74) is 4.54. The van der Waals surface area contributed by atoms with E-state index < -0.39 is 5.97 Å². The monoisotopic (exact) mass is 466 g/mol. The van der Waals surface area contributed by atoms with Gasteiger partial charge in [0.05, 0.1) is 11.8 Å². The zero-order chi connectivity index (χ0) is 21.3. The number of esters is 1. The third kappa shape index (κ3) is 6.56. The maximum absolute atomic E-state index is 12.2. The fraction of sp³-hybridized carbons (Fsp3) is 0.0870. The Morgan fingerprint density at radius 1 is 1.00 bits per heavy atom. The highest BCUT2D eigenvalue weighted by Crippen LogP contribution is 2.17. The maximum Gasteiger partial charge on any atom is 0.343 e. The van der Waals surface area contributed by atoms with Crippen LogP contribution in [0, 0.1) is 6.92 Å². The van der Waals surface area contributed by atoms with E-state index in [0.717, 1.165) is 10.0 Å². The molecule has 0 bridgehead atoms. The van der Waals surface area contributed by atoms with Gasteiger partial charge >= 0.3 is 5.97 Å². The molecule has 7 heteroatoms. The van der Waals surface area contributed by atoms with Crippen molar-refractivity contribution in [3.05, 3.63) is 94.0 Å². The standard InChI is InChI=1S/C23H19BrN2O4/c1-16-5-2-9-20(11-16)29-15-22(27)26-25-14-17-6-3-10-21(12-17)30-23(28)18-7-4-8-19(24)13-18/h2-14H,15H2,1H3,(H,26,27)/b25-14+. The van der Waals surface area contributed by atoms with Crippen LogP contribution in [-0.2, 0) is 4.79 Å². The second kappa shape index (κ2) is 10.4. The van der Waals surface area contributed by atoms with Gasteiger partial charge in [-0.3, -0.25) is 4.79 Å². The van der Waals surface area contributed by atoms with Crippen LogP contribution in [0.4, 0.5) is 0 Å². The van der Waals surface area contributed by atoms with Crippen molar-refractivity contribution in [2.24, 2.45) is 5.10 Å². The predicted octanol–water partition coefficient (Wildman–Crippen LogP) is 4.51. The summed E-state index contributed by atoms with van der Waals surface area (Å²) in [6.45, 7) is 1.80. The summed E-state index contributed by atoms with van der Waals surface area (Å²) in [6.07, 6.45) is 1.46. The Kier molecular flexibility index (Phi) is 7.34. The van der Waals surface area contributed by atoms with Crippen molar-refractivity contribution in [2.75, 3.05) is 6.61 Å². The topological polar surface area (TPSA) is 77.0 Å². The number of rotatable bonds is 7. The minimum atomic E-state index is -0.466. The SMILES string of the molecule is Cc1cccc(OCC(=O)N/N=C/c2cccc(OC(=O)c3cccc(Br)c3)c2)c1. The molecule has 152 valence electrons. The van der Waals surface area contributed by atoms with Crippen molar-refractivity contribution in [2.45, 2.75) is 6.92 Å². The van der Waals surface area contributed by atoms with E-state index in [4.69, 9.17) is 9.47 Å². The molecule has 0 unspecified atom stereocenters. The molecule has 1 amide bonds. The molecule has 30 heavy (non-hydrogen) atoms. The van der Waals surface area contributed by atoms with E-state index in [9.17, 15) is 9.59 Å². The van der Waals surface area contributed by atoms with Crippen LogP contribution >= 0.6 is 15.9 Å². The highest BCUT2D eigenvalue weighted by Gasteiger charge is 2.09. The number of carbonyl (C=O) groups is 2. The lowest BCUT2D eigenvalue weighted by atomic mass is 10.2. The smallest absolute Gasteiger partial charge is 0.343 e. The minimum absolute atomic E-state index is 0.148. The number of benzene rings is 3. The van der Waals surface area contributed by atoms with E-state index in [0.29, 0.717) is 22.6 Å². The molecule has 3 aromatic rings. The molecule has 0 heterocycles. The number of hydrazone groups is 1. The van der Waals surface area contributed by atoms with Crippen LogP contribution in [-0.4, -0.2) is 24.7 Å². The molecule has 0 saturated heterocycles. The number of nitrogens with zero attached hydrogens (tertiary/aromatic N) is 1. The zero-order valence-electron chi connectivity index (χ0n) is 16.2. The number of aryl methyl sites for hydroxylation is 1. The normalized spacial score (nSPS) is 10.6. The predicted molar refractivity (Wildman–Crippen MR) is 118 cm³/mol. The number of carbonyl (C=O) groups excluding carboxylic acids is 2. The largest absolute Gasteiger partial charge is 0.484 e. The first kappa shape index (κ1) is 21.3. The number of nitrogens with one attached hydrogen (secondary N) is 1. The lowest BCUT2D eigenvalue weighted by Crippen LogP contribution is -2.24. The Morgan fingerprint density at radius 3 is 2.57 bits per heavy atom.